The van der Waals surface area contributed by atoms with Gasteiger partial charge in [-0.25, -0.2) is 0 Å². The minimum absolute atomic E-state index is 0.190. The van der Waals surface area contributed by atoms with Crippen LogP contribution in [-0.4, -0.2) is 13.3 Å². The summed E-state index contributed by atoms with van der Waals surface area (Å²) in [6.07, 6.45) is -5.04. The van der Waals surface area contributed by atoms with Crippen molar-refractivity contribution >= 4 is 27.4 Å². The van der Waals surface area contributed by atoms with E-state index >= 15 is 0 Å². The maximum atomic E-state index is 13.0. The van der Waals surface area contributed by atoms with Crippen LogP contribution in [0.2, 0.25) is 5.02 Å². The molecule has 2 aromatic rings. The zero-order chi connectivity index (χ0) is 18.1. The lowest BCUT2D eigenvalue weighted by molar-refractivity contribution is -0.385. The smallest absolute Gasteiger partial charge is 0.371 e. The number of hydrogen-bond acceptors (Lipinski definition) is 5. The van der Waals surface area contributed by atoms with Gasteiger partial charge in [-0.15, -0.1) is 0 Å². The van der Waals surface area contributed by atoms with Crippen molar-refractivity contribution < 1.29 is 30.7 Å². The second-order valence-corrected chi connectivity index (χ2v) is 6.38. The molecule has 0 aliphatic rings. The summed E-state index contributed by atoms with van der Waals surface area (Å²) in [5.74, 6) is -1.40. The van der Waals surface area contributed by atoms with Gasteiger partial charge in [-0.1, -0.05) is 17.7 Å². The molecule has 6 nitrogen and oxygen atoms in total. The normalized spacial score (nSPS) is 12.0. The third kappa shape index (κ3) is 3.77. The molecule has 0 aliphatic carbocycles. The molecule has 0 saturated carbocycles. The summed E-state index contributed by atoms with van der Waals surface area (Å²) in [6, 6.07) is 6.34. The van der Waals surface area contributed by atoms with Crippen LogP contribution >= 0.6 is 11.6 Å². The molecule has 0 aliphatic heterocycles. The minimum atomic E-state index is -5.04. The molecular weight excluding hydrogens is 375 g/mol. The first-order valence-electron chi connectivity index (χ1n) is 6.07. The lowest BCUT2D eigenvalue weighted by Gasteiger charge is -2.13. The number of hydrogen-bond donors (Lipinski definition) is 0. The highest BCUT2D eigenvalue weighted by Gasteiger charge is 2.39. The maximum Gasteiger partial charge on any atom is 0.420 e. The van der Waals surface area contributed by atoms with E-state index in [-0.39, 0.29) is 5.02 Å². The standard InChI is InChI=1S/C13H7ClF3NO5S/c14-8-4-6-9(7-5-8)24(21,22)23-12-10(13(15,16)17)2-1-3-11(12)18(19)20/h1-7H. The molecule has 0 unspecified atom stereocenters. The molecule has 0 spiro atoms. The molecule has 0 amide bonds. The van der Waals surface area contributed by atoms with Crippen LogP contribution in [0.1, 0.15) is 5.56 Å². The lowest BCUT2D eigenvalue weighted by Crippen LogP contribution is -2.15. The molecular formula is C13H7ClF3NO5S. The predicted octanol–water partition coefficient (Wildman–Crippen LogP) is 4.03. The third-order valence-corrected chi connectivity index (χ3v) is 4.28. The molecule has 128 valence electrons. The van der Waals surface area contributed by atoms with Crippen LogP contribution in [0.15, 0.2) is 47.4 Å². The summed E-state index contributed by atoms with van der Waals surface area (Å²) in [4.78, 5) is 9.25. The zero-order valence-electron chi connectivity index (χ0n) is 11.5. The van der Waals surface area contributed by atoms with E-state index in [0.717, 1.165) is 18.2 Å². The Balaban J connectivity index is 2.59. The van der Waals surface area contributed by atoms with Crippen LogP contribution in [0.25, 0.3) is 0 Å². The highest BCUT2D eigenvalue weighted by atomic mass is 35.5. The Morgan fingerprint density at radius 1 is 1.08 bits per heavy atom. The molecule has 0 bridgehead atoms. The fourth-order valence-electron chi connectivity index (χ4n) is 1.74. The fraction of sp³-hybridized carbons (Fsp3) is 0.0769. The van der Waals surface area contributed by atoms with Gasteiger partial charge >= 0.3 is 22.0 Å². The Kier molecular flexibility index (Phi) is 4.72. The molecule has 11 heteroatoms. The molecule has 0 N–H and O–H groups in total. The molecule has 0 atom stereocenters. The predicted molar refractivity (Wildman–Crippen MR) is 77.4 cm³/mol. The molecule has 0 radical (unpaired) electrons. The van der Waals surface area contributed by atoms with Gasteiger partial charge in [0, 0.05) is 11.1 Å². The molecule has 0 saturated heterocycles. The average Bonchev–Trinajstić information content (AvgIpc) is 2.46. The SMILES string of the molecule is O=[N+]([O-])c1cccc(C(F)(F)F)c1OS(=O)(=O)c1ccc(Cl)cc1. The van der Waals surface area contributed by atoms with Crippen LogP contribution in [0, 0.1) is 10.1 Å². The number of halogens is 4. The number of rotatable bonds is 4. The first-order chi connectivity index (χ1) is 11.0. The van der Waals surface area contributed by atoms with E-state index in [9.17, 15) is 31.7 Å². The highest BCUT2D eigenvalue weighted by molar-refractivity contribution is 7.87. The van der Waals surface area contributed by atoms with E-state index in [1.807, 2.05) is 0 Å². The number of nitro benzene ring substituents is 1. The van der Waals surface area contributed by atoms with Gasteiger partial charge in [0.15, 0.2) is 0 Å². The minimum Gasteiger partial charge on any atom is -0.371 e. The van der Waals surface area contributed by atoms with E-state index in [4.69, 9.17) is 11.6 Å². The topological polar surface area (TPSA) is 86.5 Å². The van der Waals surface area contributed by atoms with E-state index < -0.39 is 43.1 Å². The summed E-state index contributed by atoms with van der Waals surface area (Å²) in [6.45, 7) is 0. The fourth-order valence-corrected chi connectivity index (χ4v) is 2.82. The summed E-state index contributed by atoms with van der Waals surface area (Å²) in [5, 5.41) is 11.1. The van der Waals surface area contributed by atoms with Crippen molar-refractivity contribution in [2.24, 2.45) is 0 Å². The van der Waals surface area contributed by atoms with Gasteiger partial charge in [0.05, 0.1) is 4.92 Å². The lowest BCUT2D eigenvalue weighted by atomic mass is 10.1. The van der Waals surface area contributed by atoms with Gasteiger partial charge in [-0.05, 0) is 30.3 Å². The highest BCUT2D eigenvalue weighted by Crippen LogP contribution is 2.42. The molecule has 2 aromatic carbocycles. The first kappa shape index (κ1) is 18.0. The van der Waals surface area contributed by atoms with Crippen molar-refractivity contribution in [1.82, 2.24) is 0 Å². The molecule has 2 rings (SSSR count). The van der Waals surface area contributed by atoms with Gasteiger partial charge < -0.3 is 4.18 Å². The van der Waals surface area contributed by atoms with Crippen molar-refractivity contribution in [3.8, 4) is 5.75 Å². The third-order valence-electron chi connectivity index (χ3n) is 2.79. The number of para-hydroxylation sites is 1. The molecule has 0 aromatic heterocycles. The summed E-state index contributed by atoms with van der Waals surface area (Å²) in [5.41, 5.74) is -2.70. The van der Waals surface area contributed by atoms with Crippen LogP contribution in [0.5, 0.6) is 5.75 Å². The van der Waals surface area contributed by atoms with Crippen molar-refractivity contribution in [3.63, 3.8) is 0 Å². The Hall–Kier alpha value is -2.33. The largest absolute Gasteiger partial charge is 0.420 e. The van der Waals surface area contributed by atoms with Crippen molar-refractivity contribution in [2.75, 3.05) is 0 Å². The van der Waals surface area contributed by atoms with Gasteiger partial charge in [0.2, 0.25) is 5.75 Å². The van der Waals surface area contributed by atoms with Crippen molar-refractivity contribution in [3.05, 3.63) is 63.2 Å². The summed E-state index contributed by atoms with van der Waals surface area (Å²) in [7, 11) is -4.73. The van der Waals surface area contributed by atoms with Crippen LogP contribution in [0.4, 0.5) is 18.9 Å². The summed E-state index contributed by atoms with van der Waals surface area (Å²) >= 11 is 5.60. The van der Waals surface area contributed by atoms with Crippen molar-refractivity contribution in [2.45, 2.75) is 11.1 Å². The molecule has 0 fully saturated rings. The quantitative estimate of drug-likeness (QED) is 0.453. The van der Waals surface area contributed by atoms with Gasteiger partial charge in [-0.3, -0.25) is 10.1 Å². The van der Waals surface area contributed by atoms with Crippen LogP contribution in [-0.2, 0) is 16.3 Å². The molecule has 24 heavy (non-hydrogen) atoms. The number of nitrogens with zero attached hydrogens (tertiary/aromatic N) is 1. The Morgan fingerprint density at radius 2 is 1.67 bits per heavy atom. The number of nitro groups is 1. The number of benzene rings is 2. The van der Waals surface area contributed by atoms with Crippen LogP contribution in [0.3, 0.4) is 0 Å². The number of alkyl halides is 3. The van der Waals surface area contributed by atoms with E-state index in [1.165, 1.54) is 12.1 Å². The Morgan fingerprint density at radius 3 is 2.17 bits per heavy atom. The monoisotopic (exact) mass is 381 g/mol. The van der Waals surface area contributed by atoms with Gasteiger partial charge in [-0.2, -0.15) is 21.6 Å². The van der Waals surface area contributed by atoms with E-state index in [0.29, 0.717) is 12.1 Å². The second-order valence-electron chi connectivity index (χ2n) is 4.40. The average molecular weight is 382 g/mol. The summed E-state index contributed by atoms with van der Waals surface area (Å²) < 4.78 is 67.7. The Labute approximate surface area is 138 Å². The zero-order valence-corrected chi connectivity index (χ0v) is 13.0. The Bertz CT molecular complexity index is 881. The van der Waals surface area contributed by atoms with Gasteiger partial charge in [0.1, 0.15) is 10.5 Å². The van der Waals surface area contributed by atoms with E-state index in [2.05, 4.69) is 4.18 Å². The molecule has 0 heterocycles. The van der Waals surface area contributed by atoms with Crippen LogP contribution < -0.4 is 4.18 Å². The second kappa shape index (κ2) is 6.29. The van der Waals surface area contributed by atoms with Crippen molar-refractivity contribution in [1.29, 1.82) is 0 Å². The van der Waals surface area contributed by atoms with E-state index in [1.54, 1.807) is 0 Å². The first-order valence-corrected chi connectivity index (χ1v) is 7.85. The maximum absolute atomic E-state index is 13.0. The van der Waals surface area contributed by atoms with Gasteiger partial charge in [0.25, 0.3) is 0 Å².